The van der Waals surface area contributed by atoms with Crippen molar-refractivity contribution in [2.24, 2.45) is 0 Å². The van der Waals surface area contributed by atoms with Crippen molar-refractivity contribution in [2.45, 2.75) is 17.9 Å². The lowest BCUT2D eigenvalue weighted by Gasteiger charge is -2.19. The van der Waals surface area contributed by atoms with E-state index in [0.717, 1.165) is 11.1 Å². The minimum atomic E-state index is -3.69. The molecule has 0 spiro atoms. The van der Waals surface area contributed by atoms with Crippen molar-refractivity contribution in [1.29, 1.82) is 0 Å². The Morgan fingerprint density at radius 2 is 1.88 bits per heavy atom. The summed E-state index contributed by atoms with van der Waals surface area (Å²) in [7, 11) is -0.606. The van der Waals surface area contributed by atoms with Crippen LogP contribution in [0.1, 0.15) is 17.2 Å². The molecule has 1 N–H and O–H groups in total. The highest BCUT2D eigenvalue weighted by Gasteiger charge is 2.20. The van der Waals surface area contributed by atoms with Gasteiger partial charge in [0.1, 0.15) is 5.75 Å². The fraction of sp³-hybridized carbons (Fsp3) is 0.294. The Kier molecular flexibility index (Phi) is 6.23. The molecule has 0 aromatic heterocycles. The number of benzene rings is 2. The highest BCUT2D eigenvalue weighted by Crippen LogP contribution is 2.27. The molecule has 5 nitrogen and oxygen atoms in total. The van der Waals surface area contributed by atoms with Gasteiger partial charge in [-0.2, -0.15) is 0 Å². The summed E-state index contributed by atoms with van der Waals surface area (Å²) in [6.45, 7) is 1.89. The fourth-order valence-electron chi connectivity index (χ4n) is 2.26. The molecule has 1 unspecified atom stereocenters. The predicted octanol–water partition coefficient (Wildman–Crippen LogP) is 3.32. The molecule has 2 aromatic carbocycles. The van der Waals surface area contributed by atoms with Crippen LogP contribution in [-0.2, 0) is 14.8 Å². The molecule has 0 saturated heterocycles. The minimum Gasteiger partial charge on any atom is -0.496 e. The number of sulfonamides is 1. The maximum absolute atomic E-state index is 12.4. The first-order chi connectivity index (χ1) is 11.4. The molecule has 0 aliphatic rings. The average molecular weight is 370 g/mol. The Hall–Kier alpha value is -1.60. The average Bonchev–Trinajstić information content (AvgIpc) is 2.58. The van der Waals surface area contributed by atoms with Gasteiger partial charge in [-0.1, -0.05) is 35.9 Å². The fourth-order valence-corrected chi connectivity index (χ4v) is 3.57. The van der Waals surface area contributed by atoms with Gasteiger partial charge in [-0.25, -0.2) is 13.1 Å². The molecule has 2 rings (SSSR count). The van der Waals surface area contributed by atoms with E-state index >= 15 is 0 Å². The summed E-state index contributed by atoms with van der Waals surface area (Å²) in [5.41, 5.74) is 1.59. The molecule has 0 aliphatic carbocycles. The zero-order valence-corrected chi connectivity index (χ0v) is 15.3. The smallest absolute Gasteiger partial charge is 0.240 e. The van der Waals surface area contributed by atoms with Crippen LogP contribution in [-0.4, -0.2) is 29.2 Å². The first kappa shape index (κ1) is 18.7. The van der Waals surface area contributed by atoms with Gasteiger partial charge in [-0.3, -0.25) is 0 Å². The molecule has 7 heteroatoms. The maximum atomic E-state index is 12.4. The van der Waals surface area contributed by atoms with E-state index < -0.39 is 16.1 Å². The van der Waals surface area contributed by atoms with E-state index in [1.165, 1.54) is 19.2 Å². The topological polar surface area (TPSA) is 64.6 Å². The summed E-state index contributed by atoms with van der Waals surface area (Å²) in [6, 6.07) is 12.0. The second kappa shape index (κ2) is 7.98. The van der Waals surface area contributed by atoms with Crippen LogP contribution in [0.5, 0.6) is 5.75 Å². The van der Waals surface area contributed by atoms with Crippen LogP contribution in [0.4, 0.5) is 0 Å². The zero-order valence-electron chi connectivity index (χ0n) is 13.7. The molecular weight excluding hydrogens is 350 g/mol. The monoisotopic (exact) mass is 369 g/mol. The van der Waals surface area contributed by atoms with Gasteiger partial charge in [0, 0.05) is 24.2 Å². The molecule has 0 heterocycles. The van der Waals surface area contributed by atoms with E-state index in [1.807, 2.05) is 25.1 Å². The third-order valence-electron chi connectivity index (χ3n) is 3.68. The van der Waals surface area contributed by atoms with Crippen molar-refractivity contribution >= 4 is 21.6 Å². The number of hydrogen-bond donors (Lipinski definition) is 1. The SMILES string of the molecule is COc1ccccc1C(CNS(=O)(=O)c1ccc(C)c(Cl)c1)OC. The van der Waals surface area contributed by atoms with Crippen LogP contribution in [0.3, 0.4) is 0 Å². The summed E-state index contributed by atoms with van der Waals surface area (Å²) in [5.74, 6) is 0.641. The van der Waals surface area contributed by atoms with Gasteiger partial charge in [0.2, 0.25) is 10.0 Å². The molecule has 0 aliphatic heterocycles. The van der Waals surface area contributed by atoms with E-state index in [0.29, 0.717) is 10.8 Å². The van der Waals surface area contributed by atoms with Crippen molar-refractivity contribution in [3.05, 3.63) is 58.6 Å². The predicted molar refractivity (Wildman–Crippen MR) is 94.1 cm³/mol. The van der Waals surface area contributed by atoms with Gasteiger partial charge < -0.3 is 9.47 Å². The first-order valence-corrected chi connectivity index (χ1v) is 9.16. The number of aryl methyl sites for hydroxylation is 1. The number of ether oxygens (including phenoxy) is 2. The van der Waals surface area contributed by atoms with Gasteiger partial charge in [-0.15, -0.1) is 0 Å². The van der Waals surface area contributed by atoms with Crippen LogP contribution in [0, 0.1) is 6.92 Å². The molecule has 0 saturated carbocycles. The number of halogens is 1. The Morgan fingerprint density at radius 3 is 2.50 bits per heavy atom. The molecule has 2 aromatic rings. The van der Waals surface area contributed by atoms with Crippen molar-refractivity contribution < 1.29 is 17.9 Å². The van der Waals surface area contributed by atoms with E-state index in [-0.39, 0.29) is 11.4 Å². The Labute approximate surface area is 147 Å². The van der Waals surface area contributed by atoms with E-state index in [9.17, 15) is 8.42 Å². The minimum absolute atomic E-state index is 0.0741. The van der Waals surface area contributed by atoms with Crippen LogP contribution < -0.4 is 9.46 Å². The van der Waals surface area contributed by atoms with E-state index in [2.05, 4.69) is 4.72 Å². The highest BCUT2D eigenvalue weighted by molar-refractivity contribution is 7.89. The van der Waals surface area contributed by atoms with Crippen molar-refractivity contribution in [2.75, 3.05) is 20.8 Å². The molecule has 130 valence electrons. The lowest BCUT2D eigenvalue weighted by molar-refractivity contribution is 0.105. The van der Waals surface area contributed by atoms with Crippen molar-refractivity contribution in [1.82, 2.24) is 4.72 Å². The first-order valence-electron chi connectivity index (χ1n) is 7.30. The maximum Gasteiger partial charge on any atom is 0.240 e. The van der Waals surface area contributed by atoms with Gasteiger partial charge in [0.15, 0.2) is 0 Å². The molecule has 24 heavy (non-hydrogen) atoms. The van der Waals surface area contributed by atoms with Crippen LogP contribution in [0.2, 0.25) is 5.02 Å². The third-order valence-corrected chi connectivity index (χ3v) is 5.51. The van der Waals surface area contributed by atoms with Crippen LogP contribution in [0.25, 0.3) is 0 Å². The molecule has 0 fully saturated rings. The largest absolute Gasteiger partial charge is 0.496 e. The molecular formula is C17H20ClNO4S. The summed E-state index contributed by atoms with van der Waals surface area (Å²) >= 11 is 6.01. The van der Waals surface area contributed by atoms with Crippen LogP contribution >= 0.6 is 11.6 Å². The zero-order chi connectivity index (χ0) is 17.7. The summed E-state index contributed by atoms with van der Waals surface area (Å²) in [6.07, 6.45) is -0.475. The number of rotatable bonds is 7. The molecule has 0 bridgehead atoms. The summed E-state index contributed by atoms with van der Waals surface area (Å²) in [5, 5.41) is 0.408. The lowest BCUT2D eigenvalue weighted by Crippen LogP contribution is -2.29. The third kappa shape index (κ3) is 4.27. The van der Waals surface area contributed by atoms with Gasteiger partial charge in [-0.05, 0) is 30.7 Å². The second-order valence-electron chi connectivity index (χ2n) is 5.23. The van der Waals surface area contributed by atoms with Gasteiger partial charge in [0.25, 0.3) is 0 Å². The lowest BCUT2D eigenvalue weighted by atomic mass is 10.1. The van der Waals surface area contributed by atoms with Gasteiger partial charge in [0.05, 0.1) is 18.1 Å². The molecule has 1 atom stereocenters. The van der Waals surface area contributed by atoms with E-state index in [1.54, 1.807) is 19.2 Å². The van der Waals surface area contributed by atoms with Crippen LogP contribution in [0.15, 0.2) is 47.4 Å². The Bertz CT molecular complexity index is 808. The number of para-hydroxylation sites is 1. The Balaban J connectivity index is 2.19. The standard InChI is InChI=1S/C17H20ClNO4S/c1-12-8-9-13(10-15(12)18)24(20,21)19-11-17(23-3)14-6-4-5-7-16(14)22-2/h4-10,17,19H,11H2,1-3H3. The number of methoxy groups -OCH3 is 2. The van der Waals surface area contributed by atoms with Crippen molar-refractivity contribution in [3.8, 4) is 5.75 Å². The summed E-state index contributed by atoms with van der Waals surface area (Å²) < 4.78 is 38.2. The van der Waals surface area contributed by atoms with Crippen molar-refractivity contribution in [3.63, 3.8) is 0 Å². The highest BCUT2D eigenvalue weighted by atomic mass is 35.5. The quantitative estimate of drug-likeness (QED) is 0.813. The number of nitrogens with one attached hydrogen (secondary N) is 1. The Morgan fingerprint density at radius 1 is 1.17 bits per heavy atom. The van der Waals surface area contributed by atoms with Gasteiger partial charge >= 0.3 is 0 Å². The second-order valence-corrected chi connectivity index (χ2v) is 7.40. The molecule has 0 amide bonds. The summed E-state index contributed by atoms with van der Waals surface area (Å²) in [4.78, 5) is 0.118. The normalized spacial score (nSPS) is 12.8. The van der Waals surface area contributed by atoms with E-state index in [4.69, 9.17) is 21.1 Å². The number of hydrogen-bond acceptors (Lipinski definition) is 4. The molecule has 0 radical (unpaired) electrons.